The van der Waals surface area contributed by atoms with Crippen LogP contribution in [-0.2, 0) is 0 Å². The van der Waals surface area contributed by atoms with Gasteiger partial charge in [0.2, 0.25) is 0 Å². The van der Waals surface area contributed by atoms with Crippen molar-refractivity contribution in [3.05, 3.63) is 30.4 Å². The highest BCUT2D eigenvalue weighted by Crippen LogP contribution is 2.37. The van der Waals surface area contributed by atoms with Crippen molar-refractivity contribution < 1.29 is 0 Å². The Morgan fingerprint density at radius 3 is 2.77 bits per heavy atom. The molecule has 9 nitrogen and oxygen atoms in total. The molecular weight excluding hydrogens is 330 g/mol. The zero-order valence-corrected chi connectivity index (χ0v) is 15.3. The second-order valence-electron chi connectivity index (χ2n) is 6.72. The van der Waals surface area contributed by atoms with Gasteiger partial charge in [-0.1, -0.05) is 0 Å². The van der Waals surface area contributed by atoms with Crippen LogP contribution in [0.15, 0.2) is 29.5 Å². The molecule has 0 amide bonds. The summed E-state index contributed by atoms with van der Waals surface area (Å²) in [4.78, 5) is 20.0. The summed E-state index contributed by atoms with van der Waals surface area (Å²) in [6, 6.07) is 4.25. The molecule has 0 saturated carbocycles. The summed E-state index contributed by atoms with van der Waals surface area (Å²) in [7, 11) is 0. The Labute approximate surface area is 152 Å². The van der Waals surface area contributed by atoms with Crippen molar-refractivity contribution in [1.29, 1.82) is 0 Å². The number of nitrogens with zero attached hydrogens (tertiary/aromatic N) is 5. The van der Waals surface area contributed by atoms with Crippen LogP contribution in [0.2, 0.25) is 0 Å². The summed E-state index contributed by atoms with van der Waals surface area (Å²) >= 11 is 0. The third-order valence-electron chi connectivity index (χ3n) is 4.34. The lowest BCUT2D eigenvalue weighted by atomic mass is 10.2. The Morgan fingerprint density at radius 2 is 2.04 bits per heavy atom. The fourth-order valence-corrected chi connectivity index (χ4v) is 3.28. The van der Waals surface area contributed by atoms with Crippen LogP contribution in [0.1, 0.15) is 33.5 Å². The van der Waals surface area contributed by atoms with Crippen molar-refractivity contribution in [2.45, 2.75) is 46.1 Å². The van der Waals surface area contributed by atoms with Gasteiger partial charge in [0.25, 0.3) is 0 Å². The molecule has 2 aromatic heterocycles. The summed E-state index contributed by atoms with van der Waals surface area (Å²) in [6.07, 6.45) is 3.80. The SMILES string of the molecule is CC1N=C(c2nccc(Nc3cc4c(cn3)NC(C)N4C(C)C)n2)NN1. The van der Waals surface area contributed by atoms with Crippen LogP contribution in [0.3, 0.4) is 0 Å². The molecule has 0 aromatic carbocycles. The summed E-state index contributed by atoms with van der Waals surface area (Å²) in [6.45, 7) is 8.46. The molecule has 0 bridgehead atoms. The Bertz CT molecular complexity index is 848. The first-order valence-corrected chi connectivity index (χ1v) is 8.76. The van der Waals surface area contributed by atoms with Gasteiger partial charge in [-0.25, -0.2) is 25.4 Å². The number of aliphatic imine (C=N–C) groups is 1. The Morgan fingerprint density at radius 1 is 1.19 bits per heavy atom. The fourth-order valence-electron chi connectivity index (χ4n) is 3.28. The number of anilines is 4. The van der Waals surface area contributed by atoms with E-state index in [9.17, 15) is 0 Å². The van der Waals surface area contributed by atoms with Gasteiger partial charge in [0.05, 0.1) is 23.7 Å². The summed E-state index contributed by atoms with van der Waals surface area (Å²) < 4.78 is 0. The molecule has 136 valence electrons. The van der Waals surface area contributed by atoms with Crippen LogP contribution in [0.5, 0.6) is 0 Å². The van der Waals surface area contributed by atoms with E-state index in [0.29, 0.717) is 23.5 Å². The van der Waals surface area contributed by atoms with E-state index in [1.165, 1.54) is 0 Å². The summed E-state index contributed by atoms with van der Waals surface area (Å²) in [5, 5.41) is 6.71. The first-order valence-electron chi connectivity index (χ1n) is 8.76. The quantitative estimate of drug-likeness (QED) is 0.660. The molecule has 0 aliphatic carbocycles. The smallest absolute Gasteiger partial charge is 0.198 e. The maximum Gasteiger partial charge on any atom is 0.198 e. The summed E-state index contributed by atoms with van der Waals surface area (Å²) in [5.41, 5.74) is 8.18. The predicted octanol–water partition coefficient (Wildman–Crippen LogP) is 1.80. The molecule has 2 atom stereocenters. The lowest BCUT2D eigenvalue weighted by molar-refractivity contribution is 0.589. The second-order valence-corrected chi connectivity index (χ2v) is 6.72. The minimum absolute atomic E-state index is 0.0000917. The number of rotatable bonds is 4. The van der Waals surface area contributed by atoms with Crippen molar-refractivity contribution in [3.63, 3.8) is 0 Å². The highest BCUT2D eigenvalue weighted by molar-refractivity contribution is 5.96. The topological polar surface area (TPSA) is 102 Å². The van der Waals surface area contributed by atoms with Gasteiger partial charge in [-0.15, -0.1) is 0 Å². The van der Waals surface area contributed by atoms with Crippen LogP contribution in [0.25, 0.3) is 0 Å². The van der Waals surface area contributed by atoms with Crippen molar-refractivity contribution in [3.8, 4) is 0 Å². The van der Waals surface area contributed by atoms with Gasteiger partial charge >= 0.3 is 0 Å². The zero-order chi connectivity index (χ0) is 18.3. The van der Waals surface area contributed by atoms with E-state index >= 15 is 0 Å². The molecule has 0 fully saturated rings. The van der Waals surface area contributed by atoms with E-state index in [4.69, 9.17) is 0 Å². The summed E-state index contributed by atoms with van der Waals surface area (Å²) in [5.74, 6) is 2.57. The van der Waals surface area contributed by atoms with Gasteiger partial charge in [0, 0.05) is 18.3 Å². The largest absolute Gasteiger partial charge is 0.362 e. The van der Waals surface area contributed by atoms with Gasteiger partial charge in [0.1, 0.15) is 17.8 Å². The molecule has 4 heterocycles. The third-order valence-corrected chi connectivity index (χ3v) is 4.34. The van der Waals surface area contributed by atoms with Gasteiger partial charge < -0.3 is 21.0 Å². The van der Waals surface area contributed by atoms with Gasteiger partial charge in [-0.2, -0.15) is 0 Å². The molecule has 9 heteroatoms. The number of aromatic nitrogens is 3. The van der Waals surface area contributed by atoms with Crippen molar-refractivity contribution in [1.82, 2.24) is 25.8 Å². The number of nitrogens with one attached hydrogen (secondary N) is 4. The standard InChI is InChI=1S/C17H23N9/c1-9(2)26-11(4)21-12-8-19-15(7-13(12)26)22-14-5-6-18-16(23-14)17-20-10(3)24-25-17/h5-11,21,24H,1-4H3,(H,20,25)(H,18,19,22,23). The van der Waals surface area contributed by atoms with Crippen molar-refractivity contribution in [2.75, 3.05) is 15.5 Å². The lowest BCUT2D eigenvalue weighted by Gasteiger charge is -2.28. The monoisotopic (exact) mass is 353 g/mol. The molecule has 2 aliphatic heterocycles. The number of amidine groups is 1. The van der Waals surface area contributed by atoms with Crippen LogP contribution < -0.4 is 26.4 Å². The maximum atomic E-state index is 4.52. The first kappa shape index (κ1) is 16.5. The lowest BCUT2D eigenvalue weighted by Crippen LogP contribution is -2.38. The number of pyridine rings is 1. The average Bonchev–Trinajstić information content (AvgIpc) is 3.17. The van der Waals surface area contributed by atoms with Crippen LogP contribution >= 0.6 is 0 Å². The minimum atomic E-state index is 0.0000917. The normalized spacial score (nSPS) is 21.3. The van der Waals surface area contributed by atoms with E-state index < -0.39 is 0 Å². The average molecular weight is 353 g/mol. The number of hydrogen-bond donors (Lipinski definition) is 4. The highest BCUT2D eigenvalue weighted by Gasteiger charge is 2.28. The second kappa shape index (κ2) is 6.41. The van der Waals surface area contributed by atoms with Crippen LogP contribution in [-0.4, -0.2) is 39.2 Å². The molecule has 4 N–H and O–H groups in total. The molecule has 26 heavy (non-hydrogen) atoms. The molecule has 0 radical (unpaired) electrons. The molecule has 4 rings (SSSR count). The minimum Gasteiger partial charge on any atom is -0.362 e. The van der Waals surface area contributed by atoms with Crippen molar-refractivity contribution in [2.24, 2.45) is 4.99 Å². The van der Waals surface area contributed by atoms with E-state index in [-0.39, 0.29) is 12.3 Å². The van der Waals surface area contributed by atoms with E-state index in [1.54, 1.807) is 6.20 Å². The number of hydrazine groups is 1. The van der Waals surface area contributed by atoms with Gasteiger partial charge in [0.15, 0.2) is 11.7 Å². The first-order chi connectivity index (χ1) is 12.5. The zero-order valence-electron chi connectivity index (χ0n) is 15.3. The van der Waals surface area contributed by atoms with Crippen LogP contribution in [0.4, 0.5) is 23.0 Å². The number of fused-ring (bicyclic) bond motifs is 1. The van der Waals surface area contributed by atoms with Gasteiger partial charge in [-0.3, -0.25) is 0 Å². The van der Waals surface area contributed by atoms with Crippen LogP contribution in [0, 0.1) is 0 Å². The molecule has 0 spiro atoms. The van der Waals surface area contributed by atoms with E-state index in [2.05, 4.69) is 67.1 Å². The molecule has 2 aliphatic rings. The molecule has 0 saturated heterocycles. The molecule has 2 unspecified atom stereocenters. The van der Waals surface area contributed by atoms with Crippen molar-refractivity contribution >= 4 is 28.8 Å². The highest BCUT2D eigenvalue weighted by atomic mass is 15.5. The van der Waals surface area contributed by atoms with E-state index in [0.717, 1.165) is 17.2 Å². The van der Waals surface area contributed by atoms with E-state index in [1.807, 2.05) is 25.3 Å². The molecule has 2 aromatic rings. The predicted molar refractivity (Wildman–Crippen MR) is 103 cm³/mol. The molecular formula is C17H23N9. The van der Waals surface area contributed by atoms with Gasteiger partial charge in [-0.05, 0) is 33.8 Å². The fraction of sp³-hybridized carbons (Fsp3) is 0.412. The third kappa shape index (κ3) is 3.01. The number of hydrogen-bond acceptors (Lipinski definition) is 9. The Hall–Kier alpha value is -2.94. The maximum absolute atomic E-state index is 4.52. The Kier molecular flexibility index (Phi) is 4.08. The Balaban J connectivity index is 1.58.